The Balaban J connectivity index is 2.39. The Hall–Kier alpha value is -3.11. The van der Waals surface area contributed by atoms with Crippen LogP contribution < -0.4 is 11.5 Å². The largest absolute Gasteiger partial charge is 0.477 e. The van der Waals surface area contributed by atoms with Gasteiger partial charge in [-0.3, -0.25) is 0 Å². The third-order valence-corrected chi connectivity index (χ3v) is 5.16. The lowest BCUT2D eigenvalue weighted by Crippen LogP contribution is -2.00. The second-order valence-corrected chi connectivity index (χ2v) is 6.96. The van der Waals surface area contributed by atoms with Gasteiger partial charge < -0.3 is 16.6 Å². The fourth-order valence-electron chi connectivity index (χ4n) is 2.77. The average Bonchev–Trinajstić information content (AvgIpc) is 2.90. The smallest absolute Gasteiger partial charge is 0.348 e. The number of rotatable bonds is 3. The Bertz CT molecular complexity index is 1030. The molecule has 2 aromatic heterocycles. The molecule has 5 N–H and O–H groups in total. The molecule has 2 heterocycles. The van der Waals surface area contributed by atoms with Gasteiger partial charge in [-0.2, -0.15) is 5.26 Å². The molecule has 0 spiro atoms. The predicted molar refractivity (Wildman–Crippen MR) is 99.6 cm³/mol. The van der Waals surface area contributed by atoms with Crippen LogP contribution in [0.25, 0.3) is 21.3 Å². The second kappa shape index (κ2) is 6.07. The molecular weight excluding hydrogens is 336 g/mol. The highest BCUT2D eigenvalue weighted by molar-refractivity contribution is 7.21. The molecule has 0 fully saturated rings. The van der Waals surface area contributed by atoms with Crippen LogP contribution in [-0.4, -0.2) is 16.1 Å². The van der Waals surface area contributed by atoms with Gasteiger partial charge in [-0.25, -0.2) is 9.78 Å². The van der Waals surface area contributed by atoms with E-state index >= 15 is 0 Å². The Kier molecular flexibility index (Phi) is 4.07. The van der Waals surface area contributed by atoms with E-state index in [1.54, 1.807) is 0 Å². The van der Waals surface area contributed by atoms with Crippen molar-refractivity contribution in [3.05, 3.63) is 40.3 Å². The number of benzene rings is 1. The number of fused-ring (bicyclic) bond motifs is 1. The second-order valence-electron chi connectivity index (χ2n) is 5.97. The zero-order valence-corrected chi connectivity index (χ0v) is 14.5. The molecular formula is C18H16N4O2S. The van der Waals surface area contributed by atoms with Crippen LogP contribution in [0.1, 0.15) is 40.6 Å². The van der Waals surface area contributed by atoms with E-state index in [1.165, 1.54) is 0 Å². The van der Waals surface area contributed by atoms with Gasteiger partial charge in [0, 0.05) is 10.9 Å². The van der Waals surface area contributed by atoms with Crippen molar-refractivity contribution in [1.29, 1.82) is 5.26 Å². The molecule has 126 valence electrons. The molecule has 0 aliphatic heterocycles. The van der Waals surface area contributed by atoms with Crippen molar-refractivity contribution in [2.45, 2.75) is 19.8 Å². The number of hydrogen-bond donors (Lipinski definition) is 3. The number of thiophene rings is 1. The van der Waals surface area contributed by atoms with Crippen LogP contribution in [0.3, 0.4) is 0 Å². The number of hydrogen-bond acceptors (Lipinski definition) is 6. The molecule has 3 aromatic rings. The predicted octanol–water partition coefficient (Wildman–Crippen LogP) is 3.82. The van der Waals surface area contributed by atoms with Crippen molar-refractivity contribution < 1.29 is 9.90 Å². The van der Waals surface area contributed by atoms with Gasteiger partial charge >= 0.3 is 5.97 Å². The molecule has 3 rings (SSSR count). The number of aromatic nitrogens is 1. The van der Waals surface area contributed by atoms with Crippen molar-refractivity contribution in [2.24, 2.45) is 0 Å². The van der Waals surface area contributed by atoms with E-state index in [-0.39, 0.29) is 21.9 Å². The number of aromatic carboxylic acids is 1. The van der Waals surface area contributed by atoms with Gasteiger partial charge in [-0.15, -0.1) is 11.3 Å². The maximum Gasteiger partial charge on any atom is 0.348 e. The molecule has 0 bridgehead atoms. The molecule has 0 aliphatic carbocycles. The van der Waals surface area contributed by atoms with Crippen molar-refractivity contribution >= 4 is 39.0 Å². The maximum absolute atomic E-state index is 11.4. The molecule has 1 aromatic carbocycles. The summed E-state index contributed by atoms with van der Waals surface area (Å²) < 4.78 is 0. The van der Waals surface area contributed by atoms with E-state index in [1.807, 2.05) is 24.3 Å². The van der Waals surface area contributed by atoms with Gasteiger partial charge in [0.15, 0.2) is 0 Å². The number of nitrogens with zero attached hydrogens (tertiary/aromatic N) is 2. The summed E-state index contributed by atoms with van der Waals surface area (Å²) >= 11 is 0.957. The van der Waals surface area contributed by atoms with Crippen molar-refractivity contribution in [3.8, 4) is 17.2 Å². The Morgan fingerprint density at radius 3 is 2.44 bits per heavy atom. The highest BCUT2D eigenvalue weighted by Gasteiger charge is 2.23. The van der Waals surface area contributed by atoms with Crippen LogP contribution in [0.15, 0.2) is 24.3 Å². The SMILES string of the molecule is CC(C)c1ccc(-c2c(C#N)c(N)nc3sc(C(=O)O)c(N)c23)cc1. The summed E-state index contributed by atoms with van der Waals surface area (Å²) in [5.74, 6) is -0.688. The standard InChI is InChI=1S/C18H16N4O2S/c1-8(2)9-3-5-10(6-4-9)12-11(7-19)16(21)22-17-13(12)14(20)15(25-17)18(23)24/h3-6,8H,20H2,1-2H3,(H2,21,22)(H,23,24). The topological polar surface area (TPSA) is 126 Å². The van der Waals surface area contributed by atoms with Crippen LogP contribution in [-0.2, 0) is 0 Å². The highest BCUT2D eigenvalue weighted by Crippen LogP contribution is 2.42. The quantitative estimate of drug-likeness (QED) is 0.658. The van der Waals surface area contributed by atoms with Gasteiger partial charge in [0.25, 0.3) is 0 Å². The number of carbonyl (C=O) groups is 1. The molecule has 0 radical (unpaired) electrons. The van der Waals surface area contributed by atoms with Crippen LogP contribution in [0, 0.1) is 11.3 Å². The molecule has 6 nitrogen and oxygen atoms in total. The first-order valence-electron chi connectivity index (χ1n) is 7.60. The molecule has 0 unspecified atom stereocenters. The summed E-state index contributed by atoms with van der Waals surface area (Å²) in [4.78, 5) is 16.0. The number of carboxylic acids is 1. The van der Waals surface area contributed by atoms with Crippen LogP contribution in [0.4, 0.5) is 11.5 Å². The number of nitriles is 1. The summed E-state index contributed by atoms with van der Waals surface area (Å²) in [6.07, 6.45) is 0. The van der Waals surface area contributed by atoms with E-state index in [9.17, 15) is 15.2 Å². The molecule has 7 heteroatoms. The zero-order chi connectivity index (χ0) is 18.3. The number of pyridine rings is 1. The fraction of sp³-hybridized carbons (Fsp3) is 0.167. The van der Waals surface area contributed by atoms with Gasteiger partial charge in [-0.05, 0) is 17.0 Å². The molecule has 0 saturated heterocycles. The summed E-state index contributed by atoms with van der Waals surface area (Å²) in [6, 6.07) is 9.81. The molecule has 0 atom stereocenters. The summed E-state index contributed by atoms with van der Waals surface area (Å²) in [7, 11) is 0. The van der Waals surface area contributed by atoms with Crippen molar-refractivity contribution in [2.75, 3.05) is 11.5 Å². The fourth-order valence-corrected chi connectivity index (χ4v) is 3.72. The first-order chi connectivity index (χ1) is 11.8. The molecule has 0 amide bonds. The minimum Gasteiger partial charge on any atom is -0.477 e. The number of anilines is 2. The maximum atomic E-state index is 11.4. The van der Waals surface area contributed by atoms with Crippen molar-refractivity contribution in [3.63, 3.8) is 0 Å². The summed E-state index contributed by atoms with van der Waals surface area (Å²) in [6.45, 7) is 4.18. The van der Waals surface area contributed by atoms with Crippen molar-refractivity contribution in [1.82, 2.24) is 4.98 Å². The van der Waals surface area contributed by atoms with Gasteiger partial charge in [0.2, 0.25) is 0 Å². The van der Waals surface area contributed by atoms with Crippen LogP contribution in [0.5, 0.6) is 0 Å². The summed E-state index contributed by atoms with van der Waals surface area (Å²) in [5.41, 5.74) is 14.8. The first-order valence-corrected chi connectivity index (χ1v) is 8.42. The Morgan fingerprint density at radius 1 is 1.28 bits per heavy atom. The van der Waals surface area contributed by atoms with Gasteiger partial charge in [-0.1, -0.05) is 38.1 Å². The molecule has 0 aliphatic rings. The third-order valence-electron chi connectivity index (χ3n) is 4.08. The van der Waals surface area contributed by atoms with Crippen LogP contribution >= 0.6 is 11.3 Å². The Morgan fingerprint density at radius 2 is 1.92 bits per heavy atom. The summed E-state index contributed by atoms with van der Waals surface area (Å²) in [5, 5.41) is 19.3. The average molecular weight is 352 g/mol. The van der Waals surface area contributed by atoms with E-state index in [2.05, 4.69) is 24.9 Å². The monoisotopic (exact) mass is 352 g/mol. The number of nitrogen functional groups attached to an aromatic ring is 2. The lowest BCUT2D eigenvalue weighted by molar-refractivity contribution is 0.0703. The zero-order valence-electron chi connectivity index (χ0n) is 13.7. The van der Waals surface area contributed by atoms with Crippen LogP contribution in [0.2, 0.25) is 0 Å². The minimum atomic E-state index is -1.13. The minimum absolute atomic E-state index is 0.00274. The van der Waals surface area contributed by atoms with E-state index in [4.69, 9.17) is 11.5 Å². The third kappa shape index (κ3) is 2.66. The molecule has 0 saturated carbocycles. The normalized spacial score (nSPS) is 11.0. The lowest BCUT2D eigenvalue weighted by Gasteiger charge is -2.11. The van der Waals surface area contributed by atoms with E-state index in [0.29, 0.717) is 21.7 Å². The first kappa shape index (κ1) is 16.7. The van der Waals surface area contributed by atoms with Gasteiger partial charge in [0.05, 0.1) is 5.69 Å². The van der Waals surface area contributed by atoms with E-state index < -0.39 is 5.97 Å². The lowest BCUT2D eigenvalue weighted by atomic mass is 9.94. The Labute approximate surface area is 148 Å². The highest BCUT2D eigenvalue weighted by atomic mass is 32.1. The van der Waals surface area contributed by atoms with Gasteiger partial charge in [0.1, 0.15) is 27.2 Å². The molecule has 25 heavy (non-hydrogen) atoms. The number of nitrogens with two attached hydrogens (primary N) is 2. The van der Waals surface area contributed by atoms with E-state index in [0.717, 1.165) is 22.5 Å². The number of carboxylic acid groups (broad SMARTS) is 1.